The highest BCUT2D eigenvalue weighted by molar-refractivity contribution is 7.90. The molecule has 29 heavy (non-hydrogen) atoms. The molecule has 8 heteroatoms. The number of nitrogens with one attached hydrogen (secondary N) is 1. The highest BCUT2D eigenvalue weighted by Crippen LogP contribution is 2.43. The zero-order valence-corrected chi connectivity index (χ0v) is 17.2. The molecule has 0 bridgehead atoms. The van der Waals surface area contributed by atoms with E-state index in [1.807, 2.05) is 0 Å². The molecule has 1 aliphatic carbocycles. The SMILES string of the molecule is CS(=O)(=O)CCNC(=O)c1ccc(N2CCC3(C=Cc4ccccc43)CC2)nn1. The number of carbonyl (C=O) groups excluding carboxylic acids is 1. The molecule has 152 valence electrons. The van der Waals surface area contributed by atoms with Gasteiger partial charge in [0.25, 0.3) is 5.91 Å². The van der Waals surface area contributed by atoms with Crippen molar-refractivity contribution in [2.75, 3.05) is 36.5 Å². The zero-order chi connectivity index (χ0) is 20.5. The van der Waals surface area contributed by atoms with Gasteiger partial charge in [-0.3, -0.25) is 4.79 Å². The maximum Gasteiger partial charge on any atom is 0.271 e. The predicted molar refractivity (Wildman–Crippen MR) is 113 cm³/mol. The maximum atomic E-state index is 12.1. The molecule has 1 spiro atoms. The second-order valence-corrected chi connectivity index (χ2v) is 9.99. The average Bonchev–Trinajstić information content (AvgIpc) is 3.06. The Morgan fingerprint density at radius 1 is 1.14 bits per heavy atom. The monoisotopic (exact) mass is 412 g/mol. The number of hydrogen-bond acceptors (Lipinski definition) is 6. The van der Waals surface area contributed by atoms with Gasteiger partial charge in [-0.2, -0.15) is 0 Å². The van der Waals surface area contributed by atoms with Crippen LogP contribution in [0.4, 0.5) is 5.82 Å². The van der Waals surface area contributed by atoms with E-state index in [1.54, 1.807) is 12.1 Å². The molecule has 0 saturated carbocycles. The molecule has 1 amide bonds. The Labute approximate surface area is 170 Å². The van der Waals surface area contributed by atoms with Crippen LogP contribution in [0.1, 0.15) is 34.5 Å². The van der Waals surface area contributed by atoms with Crippen LogP contribution in [0.5, 0.6) is 0 Å². The van der Waals surface area contributed by atoms with Crippen molar-refractivity contribution in [3.05, 3.63) is 59.3 Å². The average molecular weight is 413 g/mol. The van der Waals surface area contributed by atoms with Gasteiger partial charge in [-0.1, -0.05) is 36.4 Å². The molecule has 2 aromatic rings. The van der Waals surface area contributed by atoms with Gasteiger partial charge in [0.15, 0.2) is 11.5 Å². The fourth-order valence-electron chi connectivity index (χ4n) is 4.06. The van der Waals surface area contributed by atoms with Crippen LogP contribution in [0.3, 0.4) is 0 Å². The molecule has 1 saturated heterocycles. The summed E-state index contributed by atoms with van der Waals surface area (Å²) in [5.41, 5.74) is 3.02. The highest BCUT2D eigenvalue weighted by atomic mass is 32.2. The van der Waals surface area contributed by atoms with E-state index in [0.717, 1.165) is 38.0 Å². The summed E-state index contributed by atoms with van der Waals surface area (Å²) in [7, 11) is -3.11. The van der Waals surface area contributed by atoms with Gasteiger partial charge in [0.2, 0.25) is 0 Å². The molecule has 1 aliphatic heterocycles. The van der Waals surface area contributed by atoms with Crippen LogP contribution < -0.4 is 10.2 Å². The molecule has 1 aromatic carbocycles. The molecule has 0 atom stereocenters. The zero-order valence-electron chi connectivity index (χ0n) is 16.3. The molecule has 0 radical (unpaired) electrons. The summed E-state index contributed by atoms with van der Waals surface area (Å²) >= 11 is 0. The number of fused-ring (bicyclic) bond motifs is 2. The summed E-state index contributed by atoms with van der Waals surface area (Å²) < 4.78 is 22.3. The molecular weight excluding hydrogens is 388 g/mol. The number of benzene rings is 1. The predicted octanol–water partition coefficient (Wildman–Crippen LogP) is 1.82. The molecule has 2 aliphatic rings. The lowest BCUT2D eigenvalue weighted by Gasteiger charge is -2.39. The number of sulfone groups is 1. The number of carbonyl (C=O) groups is 1. The summed E-state index contributed by atoms with van der Waals surface area (Å²) in [6.07, 6.45) is 7.72. The largest absolute Gasteiger partial charge is 0.355 e. The van der Waals surface area contributed by atoms with Crippen LogP contribution in [0, 0.1) is 0 Å². The van der Waals surface area contributed by atoms with Gasteiger partial charge in [0, 0.05) is 31.3 Å². The van der Waals surface area contributed by atoms with E-state index >= 15 is 0 Å². The molecule has 2 heterocycles. The number of amides is 1. The van der Waals surface area contributed by atoms with Crippen molar-refractivity contribution >= 4 is 27.6 Å². The minimum atomic E-state index is -3.11. The molecule has 7 nitrogen and oxygen atoms in total. The summed E-state index contributed by atoms with van der Waals surface area (Å²) in [6, 6.07) is 12.0. The van der Waals surface area contributed by atoms with Gasteiger partial charge in [0.05, 0.1) is 5.75 Å². The fourth-order valence-corrected chi connectivity index (χ4v) is 4.53. The van der Waals surface area contributed by atoms with Gasteiger partial charge in [0.1, 0.15) is 9.84 Å². The first-order chi connectivity index (χ1) is 13.9. The minimum Gasteiger partial charge on any atom is -0.355 e. The first kappa shape index (κ1) is 19.6. The van der Waals surface area contributed by atoms with Crippen molar-refractivity contribution in [1.82, 2.24) is 15.5 Å². The van der Waals surface area contributed by atoms with Gasteiger partial charge in [-0.05, 0) is 36.1 Å². The maximum absolute atomic E-state index is 12.1. The van der Waals surface area contributed by atoms with Crippen LogP contribution in [0.15, 0.2) is 42.5 Å². The second kappa shape index (κ2) is 7.59. The lowest BCUT2D eigenvalue weighted by Crippen LogP contribution is -2.41. The number of aromatic nitrogens is 2. The van der Waals surface area contributed by atoms with Gasteiger partial charge >= 0.3 is 0 Å². The van der Waals surface area contributed by atoms with Crippen LogP contribution in [0.2, 0.25) is 0 Å². The molecule has 1 aromatic heterocycles. The van der Waals surface area contributed by atoms with E-state index in [4.69, 9.17) is 0 Å². The van der Waals surface area contributed by atoms with Crippen molar-refractivity contribution < 1.29 is 13.2 Å². The van der Waals surface area contributed by atoms with E-state index in [-0.39, 0.29) is 23.4 Å². The van der Waals surface area contributed by atoms with E-state index in [2.05, 4.69) is 56.8 Å². The molecule has 4 rings (SSSR count). The van der Waals surface area contributed by atoms with E-state index < -0.39 is 15.7 Å². The fraction of sp³-hybridized carbons (Fsp3) is 0.381. The normalized spacial score (nSPS) is 17.3. The number of nitrogens with zero attached hydrogens (tertiary/aromatic N) is 3. The third-order valence-corrected chi connectivity index (χ3v) is 6.65. The number of hydrogen-bond donors (Lipinski definition) is 1. The molecule has 1 N–H and O–H groups in total. The molecule has 1 fully saturated rings. The lowest BCUT2D eigenvalue weighted by molar-refractivity contribution is 0.0950. The first-order valence-electron chi connectivity index (χ1n) is 9.70. The Kier molecular flexibility index (Phi) is 5.12. The summed E-state index contributed by atoms with van der Waals surface area (Å²) in [5, 5.41) is 10.8. The quantitative estimate of drug-likeness (QED) is 0.805. The van der Waals surface area contributed by atoms with Crippen LogP contribution in [0.25, 0.3) is 6.08 Å². The first-order valence-corrected chi connectivity index (χ1v) is 11.8. The van der Waals surface area contributed by atoms with Crippen LogP contribution >= 0.6 is 0 Å². The van der Waals surface area contributed by atoms with Crippen molar-refractivity contribution in [3.8, 4) is 0 Å². The minimum absolute atomic E-state index is 0.0598. The van der Waals surface area contributed by atoms with Crippen LogP contribution in [-0.4, -0.2) is 56.2 Å². The number of anilines is 1. The summed E-state index contributed by atoms with van der Waals surface area (Å²) in [6.45, 7) is 1.80. The summed E-state index contributed by atoms with van der Waals surface area (Å²) in [4.78, 5) is 14.3. The van der Waals surface area contributed by atoms with Gasteiger partial charge < -0.3 is 10.2 Å². The number of allylic oxidation sites excluding steroid dienone is 1. The third kappa shape index (κ3) is 4.17. The van der Waals surface area contributed by atoms with E-state index in [1.165, 1.54) is 11.1 Å². The topological polar surface area (TPSA) is 92.3 Å². The van der Waals surface area contributed by atoms with Crippen molar-refractivity contribution in [3.63, 3.8) is 0 Å². The lowest BCUT2D eigenvalue weighted by atomic mass is 9.74. The van der Waals surface area contributed by atoms with E-state index in [0.29, 0.717) is 0 Å². The van der Waals surface area contributed by atoms with Crippen molar-refractivity contribution in [2.45, 2.75) is 18.3 Å². The van der Waals surface area contributed by atoms with Gasteiger partial charge in [-0.25, -0.2) is 8.42 Å². The second-order valence-electron chi connectivity index (χ2n) is 7.73. The Morgan fingerprint density at radius 3 is 2.59 bits per heavy atom. The Hall–Kier alpha value is -2.74. The molecule has 0 unspecified atom stereocenters. The van der Waals surface area contributed by atoms with Crippen molar-refractivity contribution in [2.24, 2.45) is 0 Å². The van der Waals surface area contributed by atoms with Crippen molar-refractivity contribution in [1.29, 1.82) is 0 Å². The number of rotatable bonds is 5. The Morgan fingerprint density at radius 2 is 1.90 bits per heavy atom. The van der Waals surface area contributed by atoms with Gasteiger partial charge in [-0.15, -0.1) is 10.2 Å². The smallest absolute Gasteiger partial charge is 0.271 e. The van der Waals surface area contributed by atoms with E-state index in [9.17, 15) is 13.2 Å². The standard InChI is InChI=1S/C21H24N4O3S/c1-29(27,28)15-12-22-20(26)18-6-7-19(24-23-18)25-13-10-21(11-14-25)9-8-16-4-2-3-5-17(16)21/h2-9H,10-15H2,1H3,(H,22,26). The molecular formula is C21H24N4O3S. The van der Waals surface area contributed by atoms with Crippen LogP contribution in [-0.2, 0) is 15.3 Å². The number of piperidine rings is 1. The Balaban J connectivity index is 1.36. The summed E-state index contributed by atoms with van der Waals surface area (Å²) in [5.74, 6) is 0.234. The Bertz CT molecular complexity index is 1040. The highest BCUT2D eigenvalue weighted by Gasteiger charge is 2.38. The third-order valence-electron chi connectivity index (χ3n) is 5.70.